The van der Waals surface area contributed by atoms with Crippen LogP contribution in [0.3, 0.4) is 0 Å². The number of aliphatic hydroxyl groups is 2. The number of amides is 1. The van der Waals surface area contributed by atoms with E-state index in [2.05, 4.69) is 92.1 Å². The van der Waals surface area contributed by atoms with Crippen LogP contribution in [0, 0.1) is 0 Å². The van der Waals surface area contributed by atoms with E-state index >= 15 is 0 Å². The van der Waals surface area contributed by atoms with Crippen molar-refractivity contribution >= 4 is 5.91 Å². The van der Waals surface area contributed by atoms with E-state index in [4.69, 9.17) is 0 Å². The van der Waals surface area contributed by atoms with Crippen molar-refractivity contribution in [2.45, 2.75) is 302 Å². The van der Waals surface area contributed by atoms with Crippen LogP contribution in [-0.4, -0.2) is 34.9 Å². The summed E-state index contributed by atoms with van der Waals surface area (Å²) in [5.74, 6) is -0.0291. The average Bonchev–Trinajstić information content (AvgIpc) is 3.31. The summed E-state index contributed by atoms with van der Waals surface area (Å²) in [6, 6.07) is -0.535. The van der Waals surface area contributed by atoms with Crippen molar-refractivity contribution in [2.24, 2.45) is 0 Å². The molecule has 4 heteroatoms. The molecular formula is C61H111NO3. The number of nitrogens with one attached hydrogen (secondary N) is 1. The second-order valence-corrected chi connectivity index (χ2v) is 19.3. The van der Waals surface area contributed by atoms with Gasteiger partial charge in [-0.2, -0.15) is 0 Å². The normalized spacial score (nSPS) is 13.4. The number of carbonyl (C=O) groups is 1. The van der Waals surface area contributed by atoms with Crippen molar-refractivity contribution in [3.63, 3.8) is 0 Å². The zero-order chi connectivity index (χ0) is 47.0. The zero-order valence-electron chi connectivity index (χ0n) is 43.5. The lowest BCUT2D eigenvalue weighted by atomic mass is 10.0. The van der Waals surface area contributed by atoms with Crippen LogP contribution in [0.15, 0.2) is 72.9 Å². The van der Waals surface area contributed by atoms with Gasteiger partial charge in [-0.15, -0.1) is 0 Å². The Morgan fingerprint density at radius 3 is 1.02 bits per heavy atom. The highest BCUT2D eigenvalue weighted by Crippen LogP contribution is 2.17. The van der Waals surface area contributed by atoms with Crippen molar-refractivity contribution in [3.8, 4) is 0 Å². The summed E-state index contributed by atoms with van der Waals surface area (Å²) >= 11 is 0. The molecule has 0 fully saturated rings. The van der Waals surface area contributed by atoms with Crippen molar-refractivity contribution in [1.29, 1.82) is 0 Å². The van der Waals surface area contributed by atoms with Crippen LogP contribution in [0.2, 0.25) is 0 Å². The zero-order valence-corrected chi connectivity index (χ0v) is 43.5. The van der Waals surface area contributed by atoms with E-state index in [1.54, 1.807) is 0 Å². The maximum absolute atomic E-state index is 12.4. The summed E-state index contributed by atoms with van der Waals surface area (Å²) in [6.45, 7) is 4.25. The molecule has 0 bridgehead atoms. The maximum atomic E-state index is 12.4. The molecule has 3 N–H and O–H groups in total. The Labute approximate surface area is 406 Å². The molecule has 378 valence electrons. The highest BCUT2D eigenvalue weighted by atomic mass is 16.3. The number of allylic oxidation sites excluding steroid dienone is 12. The number of hydrogen-bond acceptors (Lipinski definition) is 3. The van der Waals surface area contributed by atoms with Gasteiger partial charge in [-0.05, 0) is 64.2 Å². The number of rotatable bonds is 52. The molecule has 2 unspecified atom stereocenters. The number of unbranched alkanes of at least 4 members (excludes halogenated alkanes) is 33. The van der Waals surface area contributed by atoms with Gasteiger partial charge < -0.3 is 15.5 Å². The van der Waals surface area contributed by atoms with E-state index in [-0.39, 0.29) is 12.5 Å². The molecule has 0 heterocycles. The molecule has 0 saturated heterocycles. The Hall–Kier alpha value is -2.17. The first-order chi connectivity index (χ1) is 32.2. The Bertz CT molecular complexity index is 1120. The van der Waals surface area contributed by atoms with Gasteiger partial charge in [0.2, 0.25) is 5.91 Å². The van der Waals surface area contributed by atoms with Gasteiger partial charge in [0.05, 0.1) is 18.8 Å². The fraction of sp³-hybridized carbons (Fsp3) is 0.787. The van der Waals surface area contributed by atoms with Crippen molar-refractivity contribution in [2.75, 3.05) is 6.61 Å². The van der Waals surface area contributed by atoms with Gasteiger partial charge in [-0.25, -0.2) is 0 Å². The largest absolute Gasteiger partial charge is 0.394 e. The lowest BCUT2D eigenvalue weighted by molar-refractivity contribution is -0.123. The van der Waals surface area contributed by atoms with Gasteiger partial charge in [0.25, 0.3) is 0 Å². The van der Waals surface area contributed by atoms with E-state index < -0.39 is 12.1 Å². The standard InChI is InChI=1S/C61H111NO3/c1-3-5-7-9-11-13-15-17-18-19-20-21-22-23-24-25-26-27-28-29-30-31-32-33-34-35-36-37-38-39-40-41-42-43-44-45-47-49-51-53-55-57-61(65)62-59(58-63)60(64)56-54-52-50-48-46-16-14-12-10-8-6-4-2/h5,7,11,13,17-18,20-21,23-24,26-27,59-60,63-64H,3-4,6,8-10,12,14-16,19,22,25,28-58H2,1-2H3,(H,62,65)/b7-5-,13-11-,18-17-,21-20-,24-23-,27-26-. The third-order valence-electron chi connectivity index (χ3n) is 13.0. The highest BCUT2D eigenvalue weighted by Gasteiger charge is 2.20. The molecule has 0 aromatic carbocycles. The molecule has 1 amide bonds. The van der Waals surface area contributed by atoms with E-state index in [1.807, 2.05) is 0 Å². The molecule has 4 nitrogen and oxygen atoms in total. The molecule has 0 aromatic rings. The predicted octanol–water partition coefficient (Wildman–Crippen LogP) is 19.0. The van der Waals surface area contributed by atoms with Crippen molar-refractivity contribution < 1.29 is 15.0 Å². The van der Waals surface area contributed by atoms with Crippen molar-refractivity contribution in [1.82, 2.24) is 5.32 Å². The minimum Gasteiger partial charge on any atom is -0.394 e. The number of aliphatic hydroxyl groups excluding tert-OH is 2. The molecule has 0 aliphatic carbocycles. The van der Waals surface area contributed by atoms with Gasteiger partial charge in [0, 0.05) is 6.42 Å². The summed E-state index contributed by atoms with van der Waals surface area (Å²) in [6.07, 6.45) is 80.5. The molecule has 0 aliphatic rings. The van der Waals surface area contributed by atoms with Crippen LogP contribution in [0.4, 0.5) is 0 Å². The SMILES string of the molecule is CC/C=C\C/C=C\C/C=C\C/C=C\C/C=C\C/C=C\CCCCCCCCCCCCCCCCCCCCCCCCC(=O)NC(CO)C(O)CCCCCCCCCCCCCC. The third-order valence-corrected chi connectivity index (χ3v) is 13.0. The molecular weight excluding hydrogens is 795 g/mol. The van der Waals surface area contributed by atoms with E-state index in [0.29, 0.717) is 12.8 Å². The van der Waals surface area contributed by atoms with Crippen LogP contribution in [-0.2, 0) is 4.79 Å². The van der Waals surface area contributed by atoms with E-state index in [9.17, 15) is 15.0 Å². The van der Waals surface area contributed by atoms with E-state index in [0.717, 1.165) is 64.2 Å². The fourth-order valence-electron chi connectivity index (χ4n) is 8.66. The quantitative estimate of drug-likeness (QED) is 0.0421. The van der Waals surface area contributed by atoms with Gasteiger partial charge in [0.15, 0.2) is 0 Å². The summed E-state index contributed by atoms with van der Waals surface area (Å²) in [4.78, 5) is 12.4. The molecule has 0 aliphatic heterocycles. The topological polar surface area (TPSA) is 69.6 Å². The molecule has 0 radical (unpaired) electrons. The van der Waals surface area contributed by atoms with Crippen LogP contribution < -0.4 is 5.32 Å². The minimum atomic E-state index is -0.658. The number of hydrogen-bond donors (Lipinski definition) is 3. The lowest BCUT2D eigenvalue weighted by Crippen LogP contribution is -2.45. The smallest absolute Gasteiger partial charge is 0.220 e. The van der Waals surface area contributed by atoms with E-state index in [1.165, 1.54) is 199 Å². The molecule has 2 atom stereocenters. The first-order valence-corrected chi connectivity index (χ1v) is 28.6. The van der Waals surface area contributed by atoms with Crippen LogP contribution in [0.5, 0.6) is 0 Å². The lowest BCUT2D eigenvalue weighted by Gasteiger charge is -2.22. The minimum absolute atomic E-state index is 0.0291. The first kappa shape index (κ1) is 62.8. The highest BCUT2D eigenvalue weighted by molar-refractivity contribution is 5.76. The van der Waals surface area contributed by atoms with Crippen LogP contribution >= 0.6 is 0 Å². The molecule has 0 saturated carbocycles. The summed E-state index contributed by atoms with van der Waals surface area (Å²) < 4.78 is 0. The molecule has 65 heavy (non-hydrogen) atoms. The van der Waals surface area contributed by atoms with Gasteiger partial charge in [0.1, 0.15) is 0 Å². The summed E-state index contributed by atoms with van der Waals surface area (Å²) in [5, 5.41) is 23.2. The Morgan fingerprint density at radius 1 is 0.385 bits per heavy atom. The second-order valence-electron chi connectivity index (χ2n) is 19.3. The van der Waals surface area contributed by atoms with Crippen molar-refractivity contribution in [3.05, 3.63) is 72.9 Å². The average molecular weight is 907 g/mol. The Kier molecular flexibility index (Phi) is 54.3. The van der Waals surface area contributed by atoms with Gasteiger partial charge in [-0.3, -0.25) is 4.79 Å². The first-order valence-electron chi connectivity index (χ1n) is 28.6. The second kappa shape index (κ2) is 56.2. The van der Waals surface area contributed by atoms with Gasteiger partial charge >= 0.3 is 0 Å². The monoisotopic (exact) mass is 906 g/mol. The van der Waals surface area contributed by atoms with Gasteiger partial charge in [-0.1, -0.05) is 292 Å². The Morgan fingerprint density at radius 2 is 0.677 bits per heavy atom. The molecule has 0 aromatic heterocycles. The number of carbonyl (C=O) groups excluding carboxylic acids is 1. The fourth-order valence-corrected chi connectivity index (χ4v) is 8.66. The third kappa shape index (κ3) is 52.7. The molecule has 0 rings (SSSR count). The maximum Gasteiger partial charge on any atom is 0.220 e. The predicted molar refractivity (Wildman–Crippen MR) is 290 cm³/mol. The summed E-state index contributed by atoms with van der Waals surface area (Å²) in [5.41, 5.74) is 0. The summed E-state index contributed by atoms with van der Waals surface area (Å²) in [7, 11) is 0. The Balaban J connectivity index is 3.40. The molecule has 0 spiro atoms. The van der Waals surface area contributed by atoms with Crippen LogP contribution in [0.1, 0.15) is 290 Å². The van der Waals surface area contributed by atoms with Crippen LogP contribution in [0.25, 0.3) is 0 Å².